The number of carbonyl (C=O) groups excluding carboxylic acids is 1. The molecule has 1 N–H and O–H groups in total. The van der Waals surface area contributed by atoms with Gasteiger partial charge < -0.3 is 4.90 Å². The van der Waals surface area contributed by atoms with Gasteiger partial charge in [-0.3, -0.25) is 9.69 Å². The molecule has 0 aliphatic carbocycles. The highest BCUT2D eigenvalue weighted by molar-refractivity contribution is 7.22. The van der Waals surface area contributed by atoms with Crippen LogP contribution < -0.4 is 9.80 Å². The number of nitrogens with one attached hydrogen (secondary N) is 1. The zero-order chi connectivity index (χ0) is 18.8. The van der Waals surface area contributed by atoms with E-state index in [-0.39, 0.29) is 11.7 Å². The van der Waals surface area contributed by atoms with Crippen molar-refractivity contribution in [1.29, 1.82) is 0 Å². The summed E-state index contributed by atoms with van der Waals surface area (Å²) in [7, 11) is 4.10. The molecule has 0 fully saturated rings. The molecule has 3 aromatic rings. The molecule has 0 saturated heterocycles. The molecular weight excluding hydrogens is 349 g/mol. The second-order valence-electron chi connectivity index (χ2n) is 6.84. The summed E-state index contributed by atoms with van der Waals surface area (Å²) in [6.45, 7) is 5.26. The molecule has 3 rings (SSSR count). The minimum atomic E-state index is -0.294. The van der Waals surface area contributed by atoms with E-state index in [1.54, 1.807) is 11.0 Å². The van der Waals surface area contributed by atoms with Gasteiger partial charge in [-0.2, -0.15) is 0 Å². The van der Waals surface area contributed by atoms with Gasteiger partial charge in [0.05, 0.1) is 37.4 Å². The molecule has 4 nitrogen and oxygen atoms in total. The highest BCUT2D eigenvalue weighted by Crippen LogP contribution is 2.30. The number of anilines is 1. The normalized spacial score (nSPS) is 11.3. The molecule has 6 heteroatoms. The van der Waals surface area contributed by atoms with Gasteiger partial charge in [-0.05, 0) is 43.7 Å². The van der Waals surface area contributed by atoms with E-state index in [1.165, 1.54) is 28.4 Å². The van der Waals surface area contributed by atoms with Crippen molar-refractivity contribution in [2.24, 2.45) is 0 Å². The maximum Gasteiger partial charge on any atom is 0.260 e. The van der Waals surface area contributed by atoms with Crippen LogP contribution >= 0.6 is 11.3 Å². The fraction of sp³-hybridized carbons (Fsp3) is 0.300. The standard InChI is InChI=1S/C20H22FN3OS/c1-13-5-6-14(2)16(11-13)19(25)24(10-9-23(3)4)20-22-17-8-7-15(21)12-18(17)26-20/h5-8,11-12H,9-10H2,1-4H3/p+1. The average Bonchev–Trinajstić information content (AvgIpc) is 2.99. The van der Waals surface area contributed by atoms with Crippen molar-refractivity contribution in [3.8, 4) is 0 Å². The number of hydrogen-bond acceptors (Lipinski definition) is 3. The molecular formula is C20H23FN3OS+. The molecule has 0 radical (unpaired) electrons. The second-order valence-corrected chi connectivity index (χ2v) is 7.85. The molecule has 0 spiro atoms. The van der Waals surface area contributed by atoms with E-state index in [4.69, 9.17) is 0 Å². The fourth-order valence-corrected chi connectivity index (χ4v) is 3.75. The molecule has 1 aromatic heterocycles. The maximum absolute atomic E-state index is 13.5. The van der Waals surface area contributed by atoms with Crippen LogP contribution in [0, 0.1) is 19.7 Å². The third kappa shape index (κ3) is 3.92. The zero-order valence-corrected chi connectivity index (χ0v) is 16.3. The largest absolute Gasteiger partial charge is 0.338 e. The molecule has 1 heterocycles. The lowest BCUT2D eigenvalue weighted by Gasteiger charge is -2.21. The van der Waals surface area contributed by atoms with E-state index in [9.17, 15) is 9.18 Å². The molecule has 136 valence electrons. The van der Waals surface area contributed by atoms with Crippen LogP contribution in [-0.4, -0.2) is 38.1 Å². The third-order valence-electron chi connectivity index (χ3n) is 4.27. The van der Waals surface area contributed by atoms with E-state index in [2.05, 4.69) is 4.98 Å². The van der Waals surface area contributed by atoms with Gasteiger partial charge in [0, 0.05) is 5.56 Å². The van der Waals surface area contributed by atoms with E-state index in [1.807, 2.05) is 46.1 Å². The van der Waals surface area contributed by atoms with Crippen LogP contribution in [0.5, 0.6) is 0 Å². The first kappa shape index (κ1) is 18.5. The first-order chi connectivity index (χ1) is 12.3. The molecule has 0 unspecified atom stereocenters. The molecule has 0 atom stereocenters. The number of aryl methyl sites for hydroxylation is 2. The Morgan fingerprint density at radius 1 is 1.19 bits per heavy atom. The van der Waals surface area contributed by atoms with Gasteiger partial charge in [0.15, 0.2) is 5.13 Å². The average molecular weight is 372 g/mol. The lowest BCUT2D eigenvalue weighted by atomic mass is 10.0. The Morgan fingerprint density at radius 2 is 1.96 bits per heavy atom. The smallest absolute Gasteiger partial charge is 0.260 e. The first-order valence-corrected chi connectivity index (χ1v) is 9.41. The molecule has 0 aliphatic heterocycles. The Bertz CT molecular complexity index is 951. The Balaban J connectivity index is 2.03. The summed E-state index contributed by atoms with van der Waals surface area (Å²) < 4.78 is 14.3. The SMILES string of the molecule is Cc1ccc(C)c(C(=O)N(CC[NH+](C)C)c2nc3ccc(F)cc3s2)c1. The van der Waals surface area contributed by atoms with E-state index < -0.39 is 0 Å². The van der Waals surface area contributed by atoms with Crippen LogP contribution in [0.3, 0.4) is 0 Å². The Kier molecular flexibility index (Phi) is 5.34. The van der Waals surface area contributed by atoms with Gasteiger partial charge in [0.25, 0.3) is 5.91 Å². The Morgan fingerprint density at radius 3 is 2.69 bits per heavy atom. The Labute approximate surface area is 156 Å². The first-order valence-electron chi connectivity index (χ1n) is 8.59. The zero-order valence-electron chi connectivity index (χ0n) is 15.5. The van der Waals surface area contributed by atoms with Gasteiger partial charge >= 0.3 is 0 Å². The number of hydrogen-bond donors (Lipinski definition) is 1. The number of thiazole rings is 1. The van der Waals surface area contributed by atoms with Crippen LogP contribution in [0.2, 0.25) is 0 Å². The van der Waals surface area contributed by atoms with Gasteiger partial charge in [-0.25, -0.2) is 9.37 Å². The van der Waals surface area contributed by atoms with Gasteiger partial charge in [0.2, 0.25) is 0 Å². The minimum Gasteiger partial charge on any atom is -0.338 e. The van der Waals surface area contributed by atoms with Crippen LogP contribution in [0.25, 0.3) is 10.2 Å². The lowest BCUT2D eigenvalue weighted by molar-refractivity contribution is -0.856. The molecule has 0 bridgehead atoms. The molecule has 0 saturated carbocycles. The number of quaternary nitrogens is 1. The third-order valence-corrected chi connectivity index (χ3v) is 5.32. The van der Waals surface area contributed by atoms with Crippen molar-refractivity contribution in [3.63, 3.8) is 0 Å². The number of nitrogens with zero attached hydrogens (tertiary/aromatic N) is 2. The number of likely N-dealkylation sites (N-methyl/N-ethyl adjacent to an activating group) is 1. The number of fused-ring (bicyclic) bond motifs is 1. The van der Waals surface area contributed by atoms with Crippen LogP contribution in [0.15, 0.2) is 36.4 Å². The van der Waals surface area contributed by atoms with Crippen molar-refractivity contribution >= 4 is 32.6 Å². The summed E-state index contributed by atoms with van der Waals surface area (Å²) in [4.78, 5) is 20.8. The minimum absolute atomic E-state index is 0.0630. The van der Waals surface area contributed by atoms with Crippen molar-refractivity contribution in [1.82, 2.24) is 4.98 Å². The number of halogens is 1. The van der Waals surface area contributed by atoms with Crippen molar-refractivity contribution in [3.05, 3.63) is 58.9 Å². The quantitative estimate of drug-likeness (QED) is 0.748. The summed E-state index contributed by atoms with van der Waals surface area (Å²) in [6.07, 6.45) is 0. The van der Waals surface area contributed by atoms with Gasteiger partial charge in [-0.1, -0.05) is 29.0 Å². The van der Waals surface area contributed by atoms with Crippen LogP contribution in [-0.2, 0) is 0 Å². The van der Waals surface area contributed by atoms with E-state index in [0.29, 0.717) is 22.8 Å². The highest BCUT2D eigenvalue weighted by atomic mass is 32.1. The summed E-state index contributed by atoms with van der Waals surface area (Å²) in [5.74, 6) is -0.357. The van der Waals surface area contributed by atoms with Gasteiger partial charge in [0.1, 0.15) is 5.82 Å². The summed E-state index contributed by atoms with van der Waals surface area (Å²) in [5.41, 5.74) is 3.38. The maximum atomic E-state index is 13.5. The highest BCUT2D eigenvalue weighted by Gasteiger charge is 2.23. The molecule has 26 heavy (non-hydrogen) atoms. The number of rotatable bonds is 5. The topological polar surface area (TPSA) is 37.6 Å². The lowest BCUT2D eigenvalue weighted by Crippen LogP contribution is -3.06. The van der Waals surface area contributed by atoms with Crippen LogP contribution in [0.4, 0.5) is 9.52 Å². The monoisotopic (exact) mass is 372 g/mol. The molecule has 1 amide bonds. The fourth-order valence-electron chi connectivity index (χ4n) is 2.73. The summed E-state index contributed by atoms with van der Waals surface area (Å²) in [5, 5.41) is 0.609. The van der Waals surface area contributed by atoms with Crippen molar-refractivity contribution in [2.45, 2.75) is 13.8 Å². The number of amides is 1. The Hall–Kier alpha value is -2.31. The number of benzene rings is 2. The molecule has 0 aliphatic rings. The van der Waals surface area contributed by atoms with E-state index in [0.717, 1.165) is 22.4 Å². The predicted molar refractivity (Wildman–Crippen MR) is 105 cm³/mol. The predicted octanol–water partition coefficient (Wildman–Crippen LogP) is 2.84. The van der Waals surface area contributed by atoms with E-state index >= 15 is 0 Å². The van der Waals surface area contributed by atoms with Crippen LogP contribution in [0.1, 0.15) is 21.5 Å². The summed E-state index contributed by atoms with van der Waals surface area (Å²) in [6, 6.07) is 10.4. The molecule has 2 aromatic carbocycles. The number of aromatic nitrogens is 1. The summed E-state index contributed by atoms with van der Waals surface area (Å²) >= 11 is 1.35. The number of carbonyl (C=O) groups is 1. The van der Waals surface area contributed by atoms with Crippen molar-refractivity contribution < 1.29 is 14.1 Å². The van der Waals surface area contributed by atoms with Gasteiger partial charge in [-0.15, -0.1) is 0 Å². The second kappa shape index (κ2) is 7.51. The van der Waals surface area contributed by atoms with Crippen molar-refractivity contribution in [2.75, 3.05) is 32.1 Å².